The first-order valence-electron chi connectivity index (χ1n) is 7.47. The fraction of sp³-hybridized carbons (Fsp3) is 0.0556. The summed E-state index contributed by atoms with van der Waals surface area (Å²) in [6, 6.07) is 5.98. The van der Waals surface area contributed by atoms with Crippen LogP contribution in [0.15, 0.2) is 47.4 Å². The second-order valence-corrected chi connectivity index (χ2v) is 5.62. The van der Waals surface area contributed by atoms with Crippen LogP contribution in [0, 0.1) is 17.5 Å². The van der Waals surface area contributed by atoms with E-state index in [9.17, 15) is 37.8 Å². The van der Waals surface area contributed by atoms with E-state index >= 15 is 0 Å². The zero-order valence-electron chi connectivity index (χ0n) is 13.3. The van der Waals surface area contributed by atoms with E-state index in [0.29, 0.717) is 16.8 Å². The number of aromatic carboxylic acids is 1. The van der Waals surface area contributed by atoms with Gasteiger partial charge in [-0.1, -0.05) is 30.3 Å². The van der Waals surface area contributed by atoms with Gasteiger partial charge in [0.05, 0.1) is 10.9 Å². The predicted molar refractivity (Wildman–Crippen MR) is 87.3 cm³/mol. The molecule has 1 unspecified atom stereocenters. The standard InChI is InChI=1S/C18H10F3NO5/c19-11-6-9-15(13(21)12(11)20)22(7-10(16(9)23)17(24)25)14(18(26)27)8-4-2-1-3-5-8/h1-7,14H,(H,24,25)(H,26,27). The van der Waals surface area contributed by atoms with Gasteiger partial charge in [0.1, 0.15) is 5.56 Å². The zero-order chi connectivity index (χ0) is 19.9. The number of carboxylic acid groups (broad SMARTS) is 2. The van der Waals surface area contributed by atoms with Crippen LogP contribution >= 0.6 is 0 Å². The van der Waals surface area contributed by atoms with Gasteiger partial charge in [-0.3, -0.25) is 4.79 Å². The van der Waals surface area contributed by atoms with Gasteiger partial charge >= 0.3 is 11.9 Å². The summed E-state index contributed by atoms with van der Waals surface area (Å²) < 4.78 is 42.4. The maximum atomic E-state index is 14.5. The van der Waals surface area contributed by atoms with E-state index in [1.807, 2.05) is 0 Å². The topological polar surface area (TPSA) is 96.6 Å². The molecule has 3 rings (SSSR count). The highest BCUT2D eigenvalue weighted by atomic mass is 19.2. The molecule has 6 nitrogen and oxygen atoms in total. The highest BCUT2D eigenvalue weighted by Crippen LogP contribution is 2.28. The Bertz CT molecular complexity index is 1140. The number of benzene rings is 2. The Hall–Kier alpha value is -3.62. The molecule has 9 heteroatoms. The number of nitrogens with zero attached hydrogens (tertiary/aromatic N) is 1. The van der Waals surface area contributed by atoms with Gasteiger partial charge < -0.3 is 14.8 Å². The number of rotatable bonds is 4. The lowest BCUT2D eigenvalue weighted by molar-refractivity contribution is -0.139. The van der Waals surface area contributed by atoms with Gasteiger partial charge in [0, 0.05) is 6.20 Å². The third-order valence-electron chi connectivity index (χ3n) is 4.01. The van der Waals surface area contributed by atoms with Crippen molar-refractivity contribution in [2.75, 3.05) is 0 Å². The Balaban J connectivity index is 2.52. The SMILES string of the molecule is O=C(O)c1cn(C(C(=O)O)c2ccccc2)c2c(F)c(F)c(F)cc2c1=O. The second kappa shape index (κ2) is 6.60. The quantitative estimate of drug-likeness (QED) is 0.682. The lowest BCUT2D eigenvalue weighted by atomic mass is 10.0. The minimum absolute atomic E-state index is 0.107. The van der Waals surface area contributed by atoms with Crippen molar-refractivity contribution in [1.29, 1.82) is 0 Å². The van der Waals surface area contributed by atoms with Crippen molar-refractivity contribution in [2.24, 2.45) is 0 Å². The van der Waals surface area contributed by atoms with E-state index in [0.717, 1.165) is 0 Å². The van der Waals surface area contributed by atoms with Crippen LogP contribution in [0.3, 0.4) is 0 Å². The van der Waals surface area contributed by atoms with Crippen LogP contribution in [0.1, 0.15) is 22.0 Å². The first-order valence-corrected chi connectivity index (χ1v) is 7.47. The summed E-state index contributed by atoms with van der Waals surface area (Å²) in [7, 11) is 0. The Morgan fingerprint density at radius 1 is 1.00 bits per heavy atom. The highest BCUT2D eigenvalue weighted by Gasteiger charge is 2.29. The number of hydrogen-bond acceptors (Lipinski definition) is 3. The summed E-state index contributed by atoms with van der Waals surface area (Å²) >= 11 is 0. The monoisotopic (exact) mass is 377 g/mol. The van der Waals surface area contributed by atoms with Crippen LogP contribution in [0.25, 0.3) is 10.9 Å². The Labute approximate surface area is 148 Å². The molecule has 27 heavy (non-hydrogen) atoms. The number of fused-ring (bicyclic) bond motifs is 1. The van der Waals surface area contributed by atoms with Crippen molar-refractivity contribution < 1.29 is 33.0 Å². The Morgan fingerprint density at radius 3 is 2.19 bits per heavy atom. The number of carboxylic acids is 2. The fourth-order valence-corrected chi connectivity index (χ4v) is 2.83. The van der Waals surface area contributed by atoms with Gasteiger partial charge in [-0.25, -0.2) is 22.8 Å². The lowest BCUT2D eigenvalue weighted by Gasteiger charge is -2.20. The van der Waals surface area contributed by atoms with Gasteiger partial charge in [-0.15, -0.1) is 0 Å². The molecular formula is C18H10F3NO5. The summed E-state index contributed by atoms with van der Waals surface area (Å²) in [6.07, 6.45) is 0.610. The van der Waals surface area contributed by atoms with Crippen LogP contribution in [-0.4, -0.2) is 26.7 Å². The zero-order valence-corrected chi connectivity index (χ0v) is 13.3. The Morgan fingerprint density at radius 2 is 1.63 bits per heavy atom. The average Bonchev–Trinajstić information content (AvgIpc) is 2.62. The number of aromatic nitrogens is 1. The third kappa shape index (κ3) is 2.92. The summed E-state index contributed by atoms with van der Waals surface area (Å²) in [5.74, 6) is -8.64. The normalized spacial score (nSPS) is 12.1. The molecule has 1 atom stereocenters. The van der Waals surface area contributed by atoms with E-state index in [1.165, 1.54) is 24.3 Å². The van der Waals surface area contributed by atoms with Crippen LogP contribution < -0.4 is 5.43 Å². The number of carbonyl (C=O) groups is 2. The molecule has 0 saturated carbocycles. The minimum atomic E-state index is -1.91. The molecular weight excluding hydrogens is 367 g/mol. The molecule has 1 heterocycles. The van der Waals surface area contributed by atoms with Gasteiger partial charge in [0.15, 0.2) is 23.5 Å². The van der Waals surface area contributed by atoms with Crippen molar-refractivity contribution in [2.45, 2.75) is 6.04 Å². The summed E-state index contributed by atoms with van der Waals surface area (Å²) in [5.41, 5.74) is -2.91. The fourth-order valence-electron chi connectivity index (χ4n) is 2.83. The van der Waals surface area contributed by atoms with Crippen LogP contribution in [-0.2, 0) is 4.79 Å². The third-order valence-corrected chi connectivity index (χ3v) is 4.01. The molecule has 0 fully saturated rings. The van der Waals surface area contributed by atoms with Crippen molar-refractivity contribution in [3.63, 3.8) is 0 Å². The van der Waals surface area contributed by atoms with Gasteiger partial charge in [0.2, 0.25) is 5.43 Å². The smallest absolute Gasteiger partial charge is 0.341 e. The molecule has 138 valence electrons. The highest BCUT2D eigenvalue weighted by molar-refractivity contribution is 5.93. The first kappa shape index (κ1) is 18.2. The van der Waals surface area contributed by atoms with Crippen LogP contribution in [0.2, 0.25) is 0 Å². The molecule has 0 bridgehead atoms. The molecule has 0 radical (unpaired) electrons. The predicted octanol–water partition coefficient (Wildman–Crippen LogP) is 2.79. The van der Waals surface area contributed by atoms with Crippen LogP contribution in [0.4, 0.5) is 13.2 Å². The van der Waals surface area contributed by atoms with Crippen molar-refractivity contribution in [1.82, 2.24) is 4.57 Å². The van der Waals surface area contributed by atoms with Gasteiger partial charge in [-0.2, -0.15) is 0 Å². The summed E-state index contributed by atoms with van der Waals surface area (Å²) in [4.78, 5) is 35.5. The molecule has 2 aromatic carbocycles. The van der Waals surface area contributed by atoms with Crippen molar-refractivity contribution >= 4 is 22.8 Å². The summed E-state index contributed by atoms with van der Waals surface area (Å²) in [6.45, 7) is 0. The maximum Gasteiger partial charge on any atom is 0.341 e. The molecule has 0 amide bonds. The average molecular weight is 377 g/mol. The molecule has 1 aromatic heterocycles. The van der Waals surface area contributed by atoms with E-state index in [2.05, 4.69) is 0 Å². The van der Waals surface area contributed by atoms with E-state index in [4.69, 9.17) is 0 Å². The summed E-state index contributed by atoms with van der Waals surface area (Å²) in [5, 5.41) is 18.0. The van der Waals surface area contributed by atoms with Gasteiger partial charge in [-0.05, 0) is 11.6 Å². The molecule has 2 N–H and O–H groups in total. The number of aliphatic carboxylic acids is 1. The molecule has 0 aliphatic carbocycles. The molecule has 0 saturated heterocycles. The number of halogens is 3. The van der Waals surface area contributed by atoms with E-state index in [1.54, 1.807) is 6.07 Å². The van der Waals surface area contributed by atoms with E-state index < -0.39 is 57.3 Å². The second-order valence-electron chi connectivity index (χ2n) is 5.62. The largest absolute Gasteiger partial charge is 0.479 e. The van der Waals surface area contributed by atoms with Crippen molar-refractivity contribution in [3.05, 3.63) is 81.4 Å². The van der Waals surface area contributed by atoms with E-state index in [-0.39, 0.29) is 5.56 Å². The Kier molecular flexibility index (Phi) is 4.44. The molecule has 0 aliphatic rings. The maximum absolute atomic E-state index is 14.5. The van der Waals surface area contributed by atoms with Gasteiger partial charge in [0.25, 0.3) is 0 Å². The molecule has 3 aromatic rings. The molecule has 0 aliphatic heterocycles. The van der Waals surface area contributed by atoms with Crippen molar-refractivity contribution in [3.8, 4) is 0 Å². The lowest BCUT2D eigenvalue weighted by Crippen LogP contribution is -2.27. The minimum Gasteiger partial charge on any atom is -0.479 e. The number of hydrogen-bond donors (Lipinski definition) is 2. The molecule has 0 spiro atoms. The first-order chi connectivity index (χ1) is 12.7. The number of pyridine rings is 1. The van der Waals surface area contributed by atoms with Crippen LogP contribution in [0.5, 0.6) is 0 Å².